The van der Waals surface area contributed by atoms with E-state index in [1.807, 2.05) is 50.4 Å². The molecular formula is C16H16N4. The Kier molecular flexibility index (Phi) is 3.29. The van der Waals surface area contributed by atoms with E-state index in [0.717, 1.165) is 40.2 Å². The number of aromatic nitrogens is 3. The van der Waals surface area contributed by atoms with Crippen molar-refractivity contribution in [1.29, 1.82) is 0 Å². The van der Waals surface area contributed by atoms with Gasteiger partial charge < -0.3 is 5.32 Å². The van der Waals surface area contributed by atoms with Crippen molar-refractivity contribution in [3.05, 3.63) is 59.7 Å². The third-order valence-electron chi connectivity index (χ3n) is 3.29. The van der Waals surface area contributed by atoms with Crippen LogP contribution in [0.25, 0.3) is 11.0 Å². The fourth-order valence-electron chi connectivity index (χ4n) is 2.05. The summed E-state index contributed by atoms with van der Waals surface area (Å²) in [5.41, 5.74) is 6.00. The molecule has 20 heavy (non-hydrogen) atoms. The van der Waals surface area contributed by atoms with Crippen molar-refractivity contribution in [2.45, 2.75) is 20.4 Å². The zero-order valence-electron chi connectivity index (χ0n) is 11.6. The first kappa shape index (κ1) is 12.5. The molecule has 4 heteroatoms. The quantitative estimate of drug-likeness (QED) is 0.789. The molecule has 0 unspecified atom stereocenters. The summed E-state index contributed by atoms with van der Waals surface area (Å²) in [5.74, 6) is 0. The molecule has 0 aliphatic rings. The number of anilines is 1. The van der Waals surface area contributed by atoms with Crippen molar-refractivity contribution in [3.63, 3.8) is 0 Å². The lowest BCUT2D eigenvalue weighted by Gasteiger charge is -2.08. The molecule has 2 heterocycles. The van der Waals surface area contributed by atoms with E-state index >= 15 is 0 Å². The molecule has 0 aliphatic heterocycles. The van der Waals surface area contributed by atoms with Crippen LogP contribution < -0.4 is 5.32 Å². The summed E-state index contributed by atoms with van der Waals surface area (Å²) in [5, 5.41) is 3.38. The van der Waals surface area contributed by atoms with Crippen LogP contribution in [0.1, 0.15) is 17.0 Å². The third-order valence-corrected chi connectivity index (χ3v) is 3.29. The summed E-state index contributed by atoms with van der Waals surface area (Å²) in [6.07, 6.45) is 3.64. The SMILES string of the molecule is Cc1nc2ccc(NCc3cccnc3)cc2nc1C. The Morgan fingerprint density at radius 1 is 1.00 bits per heavy atom. The van der Waals surface area contributed by atoms with Crippen molar-refractivity contribution in [2.24, 2.45) is 0 Å². The van der Waals surface area contributed by atoms with E-state index in [9.17, 15) is 0 Å². The normalized spacial score (nSPS) is 10.7. The Morgan fingerprint density at radius 3 is 2.55 bits per heavy atom. The second-order valence-corrected chi connectivity index (χ2v) is 4.81. The van der Waals surface area contributed by atoms with Crippen LogP contribution in [0.3, 0.4) is 0 Å². The lowest BCUT2D eigenvalue weighted by molar-refractivity contribution is 1.09. The van der Waals surface area contributed by atoms with Crippen LogP contribution in [0.2, 0.25) is 0 Å². The van der Waals surface area contributed by atoms with Crippen LogP contribution in [0.4, 0.5) is 5.69 Å². The number of rotatable bonds is 3. The highest BCUT2D eigenvalue weighted by atomic mass is 14.9. The van der Waals surface area contributed by atoms with Gasteiger partial charge in [-0.15, -0.1) is 0 Å². The average molecular weight is 264 g/mol. The van der Waals surface area contributed by atoms with E-state index < -0.39 is 0 Å². The highest BCUT2D eigenvalue weighted by Crippen LogP contribution is 2.18. The Bertz CT molecular complexity index is 738. The van der Waals surface area contributed by atoms with Crippen molar-refractivity contribution in [2.75, 3.05) is 5.32 Å². The Labute approximate surface area is 117 Å². The van der Waals surface area contributed by atoms with Gasteiger partial charge in [-0.2, -0.15) is 0 Å². The van der Waals surface area contributed by atoms with Crippen molar-refractivity contribution in [1.82, 2.24) is 15.0 Å². The zero-order valence-corrected chi connectivity index (χ0v) is 11.6. The second kappa shape index (κ2) is 5.25. The van der Waals surface area contributed by atoms with Crippen LogP contribution in [0.5, 0.6) is 0 Å². The molecule has 4 nitrogen and oxygen atoms in total. The maximum absolute atomic E-state index is 4.58. The molecule has 1 N–H and O–H groups in total. The number of benzene rings is 1. The van der Waals surface area contributed by atoms with Gasteiger partial charge in [-0.05, 0) is 43.7 Å². The molecule has 0 aliphatic carbocycles. The average Bonchev–Trinajstić information content (AvgIpc) is 2.47. The van der Waals surface area contributed by atoms with Crippen LogP contribution >= 0.6 is 0 Å². The van der Waals surface area contributed by atoms with E-state index in [0.29, 0.717) is 0 Å². The highest BCUT2D eigenvalue weighted by Gasteiger charge is 2.02. The number of nitrogens with one attached hydrogen (secondary N) is 1. The molecule has 0 bridgehead atoms. The smallest absolute Gasteiger partial charge is 0.0910 e. The minimum atomic E-state index is 0.748. The van der Waals surface area contributed by atoms with Gasteiger partial charge in [0, 0.05) is 24.6 Å². The van der Waals surface area contributed by atoms with Crippen LogP contribution in [-0.4, -0.2) is 15.0 Å². The number of pyridine rings is 1. The third kappa shape index (κ3) is 2.59. The standard InChI is InChI=1S/C16H16N4/c1-11-12(2)20-16-8-14(5-6-15(16)19-11)18-10-13-4-3-7-17-9-13/h3-9,18H,10H2,1-2H3. The lowest BCUT2D eigenvalue weighted by Crippen LogP contribution is -2.00. The maximum Gasteiger partial charge on any atom is 0.0910 e. The topological polar surface area (TPSA) is 50.7 Å². The van der Waals surface area contributed by atoms with E-state index in [4.69, 9.17) is 0 Å². The Morgan fingerprint density at radius 2 is 1.80 bits per heavy atom. The van der Waals surface area contributed by atoms with Crippen LogP contribution in [0, 0.1) is 13.8 Å². The first-order valence-electron chi connectivity index (χ1n) is 6.60. The summed E-state index contributed by atoms with van der Waals surface area (Å²) in [7, 11) is 0. The molecule has 1 aromatic carbocycles. The predicted molar refractivity (Wildman–Crippen MR) is 80.6 cm³/mol. The number of hydrogen-bond donors (Lipinski definition) is 1. The van der Waals surface area contributed by atoms with Crippen molar-refractivity contribution in [3.8, 4) is 0 Å². The summed E-state index contributed by atoms with van der Waals surface area (Å²) < 4.78 is 0. The Hall–Kier alpha value is -2.49. The lowest BCUT2D eigenvalue weighted by atomic mass is 10.2. The van der Waals surface area contributed by atoms with Gasteiger partial charge in [0.1, 0.15) is 0 Å². The molecule has 0 saturated carbocycles. The molecule has 2 aromatic heterocycles. The van der Waals surface area contributed by atoms with Gasteiger partial charge in [-0.1, -0.05) is 6.07 Å². The van der Waals surface area contributed by atoms with E-state index in [2.05, 4.69) is 20.3 Å². The van der Waals surface area contributed by atoms with Gasteiger partial charge in [0.25, 0.3) is 0 Å². The fraction of sp³-hybridized carbons (Fsp3) is 0.188. The molecule has 0 spiro atoms. The molecule has 3 rings (SSSR count). The molecule has 0 amide bonds. The summed E-state index contributed by atoms with van der Waals surface area (Å²) in [6, 6.07) is 10.1. The zero-order chi connectivity index (χ0) is 13.9. The minimum Gasteiger partial charge on any atom is -0.381 e. The summed E-state index contributed by atoms with van der Waals surface area (Å²) >= 11 is 0. The van der Waals surface area contributed by atoms with E-state index in [1.165, 1.54) is 0 Å². The fourth-order valence-corrected chi connectivity index (χ4v) is 2.05. The second-order valence-electron chi connectivity index (χ2n) is 4.81. The van der Waals surface area contributed by atoms with Crippen LogP contribution in [-0.2, 0) is 6.54 Å². The molecular weight excluding hydrogens is 248 g/mol. The number of aryl methyl sites for hydroxylation is 2. The minimum absolute atomic E-state index is 0.748. The Balaban J connectivity index is 1.84. The highest BCUT2D eigenvalue weighted by molar-refractivity contribution is 5.78. The molecule has 0 saturated heterocycles. The number of fused-ring (bicyclic) bond motifs is 1. The monoisotopic (exact) mass is 264 g/mol. The molecule has 0 atom stereocenters. The largest absolute Gasteiger partial charge is 0.381 e. The van der Waals surface area contributed by atoms with Gasteiger partial charge in [-0.3, -0.25) is 4.98 Å². The van der Waals surface area contributed by atoms with Crippen molar-refractivity contribution >= 4 is 16.7 Å². The van der Waals surface area contributed by atoms with Gasteiger partial charge >= 0.3 is 0 Å². The molecule has 0 radical (unpaired) electrons. The van der Waals surface area contributed by atoms with E-state index in [1.54, 1.807) is 6.20 Å². The molecule has 100 valence electrons. The maximum atomic E-state index is 4.58. The number of nitrogens with zero attached hydrogens (tertiary/aromatic N) is 3. The summed E-state index contributed by atoms with van der Waals surface area (Å²) in [6.45, 7) is 4.71. The molecule has 0 fully saturated rings. The van der Waals surface area contributed by atoms with Gasteiger partial charge in [-0.25, -0.2) is 9.97 Å². The number of hydrogen-bond acceptors (Lipinski definition) is 4. The van der Waals surface area contributed by atoms with Gasteiger partial charge in [0.15, 0.2) is 0 Å². The first-order valence-corrected chi connectivity index (χ1v) is 6.60. The molecule has 3 aromatic rings. The van der Waals surface area contributed by atoms with Gasteiger partial charge in [0.2, 0.25) is 0 Å². The first-order chi connectivity index (χ1) is 9.72. The summed E-state index contributed by atoms with van der Waals surface area (Å²) in [4.78, 5) is 13.2. The van der Waals surface area contributed by atoms with Crippen molar-refractivity contribution < 1.29 is 0 Å². The van der Waals surface area contributed by atoms with Crippen LogP contribution in [0.15, 0.2) is 42.7 Å². The van der Waals surface area contributed by atoms with E-state index in [-0.39, 0.29) is 0 Å². The predicted octanol–water partition coefficient (Wildman–Crippen LogP) is 3.25. The van der Waals surface area contributed by atoms with Gasteiger partial charge in [0.05, 0.1) is 22.4 Å².